The van der Waals surface area contributed by atoms with E-state index in [1.807, 2.05) is 12.1 Å². The number of anilines is 1. The zero-order valence-corrected chi connectivity index (χ0v) is 11.4. The molecule has 0 radical (unpaired) electrons. The molecule has 0 heterocycles. The summed E-state index contributed by atoms with van der Waals surface area (Å²) < 4.78 is 0. The fraction of sp³-hybridized carbons (Fsp3) is 0.600. The molecule has 0 atom stereocenters. The van der Waals surface area contributed by atoms with Gasteiger partial charge >= 0.3 is 0 Å². The van der Waals surface area contributed by atoms with Gasteiger partial charge in [0.15, 0.2) is 0 Å². The van der Waals surface area contributed by atoms with Crippen molar-refractivity contribution in [1.29, 1.82) is 0 Å². The largest absolute Gasteiger partial charge is 0.399 e. The van der Waals surface area contributed by atoms with Crippen LogP contribution in [0.1, 0.15) is 39.2 Å². The number of hydrogen-bond acceptors (Lipinski definition) is 2. The lowest BCUT2D eigenvalue weighted by atomic mass is 10.1. The molecule has 0 aromatic heterocycles. The van der Waals surface area contributed by atoms with E-state index in [2.05, 4.69) is 37.8 Å². The van der Waals surface area contributed by atoms with E-state index in [0.29, 0.717) is 0 Å². The van der Waals surface area contributed by atoms with Gasteiger partial charge in [-0.05, 0) is 49.5 Å². The molecule has 0 aliphatic rings. The summed E-state index contributed by atoms with van der Waals surface area (Å²) in [5, 5.41) is 0. The summed E-state index contributed by atoms with van der Waals surface area (Å²) in [6, 6.07) is 8.23. The molecule has 0 saturated heterocycles. The summed E-state index contributed by atoms with van der Waals surface area (Å²) in [7, 11) is 0. The van der Waals surface area contributed by atoms with Gasteiger partial charge in [-0.15, -0.1) is 0 Å². The van der Waals surface area contributed by atoms with Crippen LogP contribution in [0.4, 0.5) is 5.69 Å². The standard InChI is InChI=1S/C15H26N2/c1-4-9-17(10-8-13(2)3)12-14-6-5-7-15(16)11-14/h5-7,11,13H,4,8-10,12,16H2,1-3H3. The maximum Gasteiger partial charge on any atom is 0.0317 e. The summed E-state index contributed by atoms with van der Waals surface area (Å²) in [6.45, 7) is 10.2. The van der Waals surface area contributed by atoms with Crippen molar-refractivity contribution in [1.82, 2.24) is 4.90 Å². The first kappa shape index (κ1) is 14.0. The van der Waals surface area contributed by atoms with Gasteiger partial charge in [-0.1, -0.05) is 32.9 Å². The fourth-order valence-electron chi connectivity index (χ4n) is 1.98. The highest BCUT2D eigenvalue weighted by atomic mass is 15.1. The molecule has 0 spiro atoms. The molecular weight excluding hydrogens is 208 g/mol. The van der Waals surface area contributed by atoms with Crippen molar-refractivity contribution in [2.45, 2.75) is 40.2 Å². The summed E-state index contributed by atoms with van der Waals surface area (Å²) in [6.07, 6.45) is 2.47. The number of nitrogens with zero attached hydrogens (tertiary/aromatic N) is 1. The molecule has 1 aromatic carbocycles. The van der Waals surface area contributed by atoms with E-state index in [9.17, 15) is 0 Å². The molecule has 2 nitrogen and oxygen atoms in total. The van der Waals surface area contributed by atoms with Crippen LogP contribution in [0, 0.1) is 5.92 Å². The summed E-state index contributed by atoms with van der Waals surface area (Å²) in [4.78, 5) is 2.52. The van der Waals surface area contributed by atoms with Gasteiger partial charge in [-0.25, -0.2) is 0 Å². The van der Waals surface area contributed by atoms with E-state index >= 15 is 0 Å². The van der Waals surface area contributed by atoms with Gasteiger partial charge in [-0.3, -0.25) is 4.90 Å². The fourth-order valence-corrected chi connectivity index (χ4v) is 1.98. The van der Waals surface area contributed by atoms with Crippen LogP contribution in [0.2, 0.25) is 0 Å². The number of rotatable bonds is 7. The van der Waals surface area contributed by atoms with Gasteiger partial charge < -0.3 is 5.73 Å². The molecule has 0 saturated carbocycles. The van der Waals surface area contributed by atoms with Gasteiger partial charge in [0.05, 0.1) is 0 Å². The van der Waals surface area contributed by atoms with E-state index in [1.54, 1.807) is 0 Å². The summed E-state index contributed by atoms with van der Waals surface area (Å²) in [5.41, 5.74) is 8.00. The van der Waals surface area contributed by atoms with Crippen LogP contribution in [0.15, 0.2) is 24.3 Å². The molecule has 0 unspecified atom stereocenters. The first-order valence-corrected chi connectivity index (χ1v) is 6.68. The third-order valence-corrected chi connectivity index (χ3v) is 2.92. The van der Waals surface area contributed by atoms with Crippen LogP contribution >= 0.6 is 0 Å². The van der Waals surface area contributed by atoms with E-state index in [4.69, 9.17) is 5.73 Å². The molecule has 0 fully saturated rings. The van der Waals surface area contributed by atoms with Crippen LogP contribution in [0.5, 0.6) is 0 Å². The van der Waals surface area contributed by atoms with Crippen molar-refractivity contribution in [2.75, 3.05) is 18.8 Å². The van der Waals surface area contributed by atoms with Crippen LogP contribution < -0.4 is 5.73 Å². The van der Waals surface area contributed by atoms with Crippen LogP contribution in [0.3, 0.4) is 0 Å². The van der Waals surface area contributed by atoms with Crippen LogP contribution in [-0.2, 0) is 6.54 Å². The Hall–Kier alpha value is -1.02. The van der Waals surface area contributed by atoms with Crippen molar-refractivity contribution in [3.63, 3.8) is 0 Å². The molecular formula is C15H26N2. The Bertz CT molecular complexity index is 320. The quantitative estimate of drug-likeness (QED) is 0.731. The molecule has 1 rings (SSSR count). The number of nitrogen functional groups attached to an aromatic ring is 1. The SMILES string of the molecule is CCCN(CCC(C)C)Cc1cccc(N)c1. The lowest BCUT2D eigenvalue weighted by Gasteiger charge is -2.22. The molecule has 2 heteroatoms. The minimum absolute atomic E-state index is 0.773. The molecule has 0 aliphatic heterocycles. The summed E-state index contributed by atoms with van der Waals surface area (Å²) in [5.74, 6) is 0.773. The van der Waals surface area contributed by atoms with Crippen molar-refractivity contribution < 1.29 is 0 Å². The first-order valence-electron chi connectivity index (χ1n) is 6.68. The molecule has 0 bridgehead atoms. The zero-order chi connectivity index (χ0) is 12.7. The van der Waals surface area contributed by atoms with Gasteiger partial charge in [0.1, 0.15) is 0 Å². The van der Waals surface area contributed by atoms with Gasteiger partial charge in [0.2, 0.25) is 0 Å². The van der Waals surface area contributed by atoms with E-state index in [-0.39, 0.29) is 0 Å². The molecule has 0 aliphatic carbocycles. The third kappa shape index (κ3) is 5.73. The molecule has 17 heavy (non-hydrogen) atoms. The number of nitrogens with two attached hydrogens (primary N) is 1. The minimum Gasteiger partial charge on any atom is -0.399 e. The maximum absolute atomic E-state index is 5.81. The smallest absolute Gasteiger partial charge is 0.0317 e. The second kappa shape index (κ2) is 7.33. The van der Waals surface area contributed by atoms with Crippen molar-refractivity contribution in [3.05, 3.63) is 29.8 Å². The van der Waals surface area contributed by atoms with E-state index in [0.717, 1.165) is 18.2 Å². The topological polar surface area (TPSA) is 29.3 Å². The predicted molar refractivity (Wildman–Crippen MR) is 75.9 cm³/mol. The van der Waals surface area contributed by atoms with Crippen molar-refractivity contribution >= 4 is 5.69 Å². The molecule has 96 valence electrons. The number of benzene rings is 1. The average molecular weight is 234 g/mol. The average Bonchev–Trinajstić information content (AvgIpc) is 2.26. The highest BCUT2D eigenvalue weighted by Crippen LogP contribution is 2.11. The van der Waals surface area contributed by atoms with Crippen molar-refractivity contribution in [3.8, 4) is 0 Å². The lowest BCUT2D eigenvalue weighted by Crippen LogP contribution is -2.26. The highest BCUT2D eigenvalue weighted by molar-refractivity contribution is 5.40. The Balaban J connectivity index is 2.53. The third-order valence-electron chi connectivity index (χ3n) is 2.92. The van der Waals surface area contributed by atoms with E-state index < -0.39 is 0 Å². The minimum atomic E-state index is 0.773. The Morgan fingerprint density at radius 2 is 2.00 bits per heavy atom. The van der Waals surface area contributed by atoms with Crippen LogP contribution in [0.25, 0.3) is 0 Å². The Morgan fingerprint density at radius 1 is 1.24 bits per heavy atom. The Labute approximate surface area is 106 Å². The Kier molecular flexibility index (Phi) is 6.06. The predicted octanol–water partition coefficient (Wildman–Crippen LogP) is 3.53. The number of hydrogen-bond donors (Lipinski definition) is 1. The van der Waals surface area contributed by atoms with Crippen LogP contribution in [-0.4, -0.2) is 18.0 Å². The van der Waals surface area contributed by atoms with Gasteiger partial charge in [0.25, 0.3) is 0 Å². The second-order valence-electron chi connectivity index (χ2n) is 5.20. The monoisotopic (exact) mass is 234 g/mol. The molecule has 0 amide bonds. The summed E-state index contributed by atoms with van der Waals surface area (Å²) >= 11 is 0. The molecule has 1 aromatic rings. The second-order valence-corrected chi connectivity index (χ2v) is 5.20. The van der Waals surface area contributed by atoms with Crippen molar-refractivity contribution in [2.24, 2.45) is 5.92 Å². The lowest BCUT2D eigenvalue weighted by molar-refractivity contribution is 0.250. The molecule has 2 N–H and O–H groups in total. The van der Waals surface area contributed by atoms with Gasteiger partial charge in [-0.2, -0.15) is 0 Å². The first-order chi connectivity index (χ1) is 8.11. The Morgan fingerprint density at radius 3 is 2.59 bits per heavy atom. The maximum atomic E-state index is 5.81. The zero-order valence-electron chi connectivity index (χ0n) is 11.4. The van der Waals surface area contributed by atoms with E-state index in [1.165, 1.54) is 31.5 Å². The highest BCUT2D eigenvalue weighted by Gasteiger charge is 2.06. The van der Waals surface area contributed by atoms with Gasteiger partial charge in [0, 0.05) is 12.2 Å². The normalized spacial score (nSPS) is 11.4.